The molecule has 98 valence electrons. The Hall–Kier alpha value is -2.27. The van der Waals surface area contributed by atoms with Crippen LogP contribution in [-0.4, -0.2) is 22.9 Å². The summed E-state index contributed by atoms with van der Waals surface area (Å²) in [6.07, 6.45) is 1.66. The molecule has 0 radical (unpaired) electrons. The van der Waals surface area contributed by atoms with Crippen LogP contribution in [0.3, 0.4) is 0 Å². The maximum Gasteiger partial charge on any atom is 0.260 e. The van der Waals surface area contributed by atoms with E-state index in [0.29, 0.717) is 36.0 Å². The third-order valence-electron chi connectivity index (χ3n) is 3.00. The van der Waals surface area contributed by atoms with Gasteiger partial charge in [-0.05, 0) is 24.3 Å². The molecule has 1 aliphatic rings. The number of hydrogen-bond donors (Lipinski definition) is 1. The summed E-state index contributed by atoms with van der Waals surface area (Å²) in [5, 5.41) is 9.12. The van der Waals surface area contributed by atoms with Gasteiger partial charge in [0.2, 0.25) is 0 Å². The summed E-state index contributed by atoms with van der Waals surface area (Å²) < 4.78 is 12.4. The fourth-order valence-electron chi connectivity index (χ4n) is 2.04. The molecule has 5 nitrogen and oxygen atoms in total. The van der Waals surface area contributed by atoms with Crippen LogP contribution in [-0.2, 0) is 6.61 Å². The molecule has 3 rings (SSSR count). The van der Waals surface area contributed by atoms with Gasteiger partial charge in [-0.15, -0.1) is 0 Å². The van der Waals surface area contributed by atoms with Gasteiger partial charge in [-0.2, -0.15) is 0 Å². The highest BCUT2D eigenvalue weighted by Crippen LogP contribution is 2.31. The molecular formula is C14H13NO4. The summed E-state index contributed by atoms with van der Waals surface area (Å²) in [5.74, 6) is 1.31. The maximum atomic E-state index is 12.1. The summed E-state index contributed by atoms with van der Waals surface area (Å²) in [5.41, 5.74) is 0.809. The highest BCUT2D eigenvalue weighted by atomic mass is 16.6. The van der Waals surface area contributed by atoms with E-state index in [1.54, 1.807) is 36.5 Å². The third kappa shape index (κ3) is 2.08. The lowest BCUT2D eigenvalue weighted by atomic mass is 10.2. The van der Waals surface area contributed by atoms with E-state index in [9.17, 15) is 4.79 Å². The molecule has 0 fully saturated rings. The van der Waals surface area contributed by atoms with Gasteiger partial charge in [0, 0.05) is 17.8 Å². The van der Waals surface area contributed by atoms with E-state index >= 15 is 0 Å². The predicted molar refractivity (Wildman–Crippen MR) is 69.0 cm³/mol. The Morgan fingerprint density at radius 1 is 1.16 bits per heavy atom. The van der Waals surface area contributed by atoms with E-state index in [0.717, 1.165) is 0 Å². The molecule has 0 amide bonds. The van der Waals surface area contributed by atoms with Gasteiger partial charge >= 0.3 is 0 Å². The molecule has 2 aromatic rings. The van der Waals surface area contributed by atoms with Crippen molar-refractivity contribution in [3.8, 4) is 17.2 Å². The molecule has 19 heavy (non-hydrogen) atoms. The van der Waals surface area contributed by atoms with Crippen LogP contribution < -0.4 is 15.0 Å². The van der Waals surface area contributed by atoms with Crippen molar-refractivity contribution in [2.24, 2.45) is 0 Å². The van der Waals surface area contributed by atoms with E-state index in [1.807, 2.05) is 0 Å². The number of pyridine rings is 1. The minimum Gasteiger partial charge on any atom is -0.486 e. The van der Waals surface area contributed by atoms with Crippen LogP contribution in [0.5, 0.6) is 11.5 Å². The first-order valence-corrected chi connectivity index (χ1v) is 6.01. The lowest BCUT2D eigenvalue weighted by Gasteiger charge is -2.19. The van der Waals surface area contributed by atoms with E-state index in [4.69, 9.17) is 14.6 Å². The van der Waals surface area contributed by atoms with Crippen molar-refractivity contribution in [3.63, 3.8) is 0 Å². The van der Waals surface area contributed by atoms with Gasteiger partial charge in [0.1, 0.15) is 13.2 Å². The smallest absolute Gasteiger partial charge is 0.260 e. The predicted octanol–water partition coefficient (Wildman–Crippen LogP) is 1.10. The Balaban J connectivity index is 2.10. The first kappa shape index (κ1) is 11.8. The molecule has 0 aliphatic carbocycles. The topological polar surface area (TPSA) is 60.7 Å². The Labute approximate surface area is 109 Å². The van der Waals surface area contributed by atoms with Gasteiger partial charge in [0.05, 0.1) is 12.3 Å². The normalized spacial score (nSPS) is 13.3. The molecule has 0 spiro atoms. The first-order valence-electron chi connectivity index (χ1n) is 6.01. The lowest BCUT2D eigenvalue weighted by molar-refractivity contribution is 0.171. The minimum atomic E-state index is -0.274. The number of nitrogens with zero attached hydrogens (tertiary/aromatic N) is 1. The average molecular weight is 259 g/mol. The number of hydrogen-bond acceptors (Lipinski definition) is 4. The molecule has 1 aromatic carbocycles. The SMILES string of the molecule is O=c1c(CO)cccn1-c1ccc2c(c1)OCCO2. The highest BCUT2D eigenvalue weighted by molar-refractivity contribution is 5.49. The number of aromatic nitrogens is 1. The number of ether oxygens (including phenoxy) is 2. The molecule has 0 bridgehead atoms. The van der Waals surface area contributed by atoms with E-state index in [2.05, 4.69) is 0 Å². The number of aliphatic hydroxyl groups is 1. The van der Waals surface area contributed by atoms with Crippen LogP contribution in [0, 0.1) is 0 Å². The van der Waals surface area contributed by atoms with E-state index < -0.39 is 0 Å². The number of benzene rings is 1. The second-order valence-corrected chi connectivity index (χ2v) is 4.19. The molecule has 1 N–H and O–H groups in total. The largest absolute Gasteiger partial charge is 0.486 e. The first-order chi connectivity index (χ1) is 9.29. The Morgan fingerprint density at radius 2 is 1.95 bits per heavy atom. The van der Waals surface area contributed by atoms with Crippen LogP contribution in [0.2, 0.25) is 0 Å². The maximum absolute atomic E-state index is 12.1. The summed E-state index contributed by atoms with van der Waals surface area (Å²) >= 11 is 0. The monoisotopic (exact) mass is 259 g/mol. The number of aliphatic hydroxyl groups excluding tert-OH is 1. The van der Waals surface area contributed by atoms with Gasteiger partial charge in [-0.1, -0.05) is 0 Å². The van der Waals surface area contributed by atoms with Crippen LogP contribution in [0.1, 0.15) is 5.56 Å². The molecular weight excluding hydrogens is 246 g/mol. The molecule has 0 unspecified atom stereocenters. The second kappa shape index (κ2) is 4.78. The van der Waals surface area contributed by atoms with Crippen molar-refractivity contribution in [1.29, 1.82) is 0 Å². The zero-order chi connectivity index (χ0) is 13.2. The Morgan fingerprint density at radius 3 is 2.74 bits per heavy atom. The Kier molecular flexibility index (Phi) is 2.97. The molecule has 1 aliphatic heterocycles. The minimum absolute atomic E-state index is 0.235. The van der Waals surface area contributed by atoms with Crippen LogP contribution in [0.4, 0.5) is 0 Å². The van der Waals surface area contributed by atoms with Gasteiger partial charge in [0.25, 0.3) is 5.56 Å². The highest BCUT2D eigenvalue weighted by Gasteiger charge is 2.13. The lowest BCUT2D eigenvalue weighted by Crippen LogP contribution is -2.22. The van der Waals surface area contributed by atoms with Crippen LogP contribution in [0.25, 0.3) is 5.69 Å². The van der Waals surface area contributed by atoms with Gasteiger partial charge < -0.3 is 14.6 Å². The van der Waals surface area contributed by atoms with Crippen molar-refractivity contribution in [3.05, 3.63) is 52.4 Å². The van der Waals surface area contributed by atoms with E-state index in [-0.39, 0.29) is 12.2 Å². The number of fused-ring (bicyclic) bond motifs is 1. The standard InChI is InChI=1S/C14H13NO4/c16-9-10-2-1-5-15(14(10)17)11-3-4-12-13(8-11)19-7-6-18-12/h1-5,8,16H,6-7,9H2. The van der Waals surface area contributed by atoms with Gasteiger partial charge in [-0.25, -0.2) is 0 Å². The van der Waals surface area contributed by atoms with E-state index in [1.165, 1.54) is 4.57 Å². The zero-order valence-corrected chi connectivity index (χ0v) is 10.2. The molecule has 2 heterocycles. The van der Waals surface area contributed by atoms with Crippen LogP contribution >= 0.6 is 0 Å². The zero-order valence-electron chi connectivity index (χ0n) is 10.2. The van der Waals surface area contributed by atoms with Crippen LogP contribution in [0.15, 0.2) is 41.3 Å². The Bertz CT molecular complexity index is 663. The van der Waals surface area contributed by atoms with Crippen molar-refractivity contribution >= 4 is 0 Å². The van der Waals surface area contributed by atoms with Crippen molar-refractivity contribution in [1.82, 2.24) is 4.57 Å². The second-order valence-electron chi connectivity index (χ2n) is 4.19. The quantitative estimate of drug-likeness (QED) is 0.877. The third-order valence-corrected chi connectivity index (χ3v) is 3.00. The fourth-order valence-corrected chi connectivity index (χ4v) is 2.04. The summed E-state index contributed by atoms with van der Waals surface area (Å²) in [7, 11) is 0. The average Bonchev–Trinajstić information content (AvgIpc) is 2.47. The fraction of sp³-hybridized carbons (Fsp3) is 0.214. The van der Waals surface area contributed by atoms with Gasteiger partial charge in [0.15, 0.2) is 11.5 Å². The number of rotatable bonds is 2. The summed E-state index contributed by atoms with van der Waals surface area (Å²) in [4.78, 5) is 12.1. The molecule has 0 saturated heterocycles. The van der Waals surface area contributed by atoms with Crippen molar-refractivity contribution in [2.45, 2.75) is 6.61 Å². The molecule has 5 heteroatoms. The summed E-state index contributed by atoms with van der Waals surface area (Å²) in [6, 6.07) is 8.66. The van der Waals surface area contributed by atoms with Gasteiger partial charge in [-0.3, -0.25) is 9.36 Å². The van der Waals surface area contributed by atoms with Crippen molar-refractivity contribution in [2.75, 3.05) is 13.2 Å². The summed E-state index contributed by atoms with van der Waals surface area (Å²) in [6.45, 7) is 0.762. The molecule has 0 atom stereocenters. The molecule has 0 saturated carbocycles. The van der Waals surface area contributed by atoms with Crippen molar-refractivity contribution < 1.29 is 14.6 Å². The molecule has 1 aromatic heterocycles.